The average molecular weight is 418 g/mol. The molecule has 0 spiro atoms. The molecule has 1 amide bonds. The van der Waals surface area contributed by atoms with Crippen LogP contribution in [0.1, 0.15) is 18.6 Å². The number of nitrogens with one attached hydrogen (secondary N) is 1. The first kappa shape index (κ1) is 19.0. The number of fused-ring (bicyclic) bond motifs is 1. The van der Waals surface area contributed by atoms with E-state index in [1.165, 1.54) is 0 Å². The van der Waals surface area contributed by atoms with Gasteiger partial charge in [-0.2, -0.15) is 0 Å². The van der Waals surface area contributed by atoms with Crippen molar-refractivity contribution in [2.75, 3.05) is 18.4 Å². The predicted molar refractivity (Wildman–Crippen MR) is 120 cm³/mol. The summed E-state index contributed by atoms with van der Waals surface area (Å²) in [5.41, 5.74) is 5.54. The zero-order valence-corrected chi connectivity index (χ0v) is 17.4. The van der Waals surface area contributed by atoms with Gasteiger partial charge in [0.2, 0.25) is 5.91 Å². The molecule has 5 nitrogen and oxygen atoms in total. The topological polar surface area (TPSA) is 58.4 Å². The van der Waals surface area contributed by atoms with Crippen LogP contribution in [0.4, 0.5) is 5.69 Å². The molecule has 0 aliphatic carbocycles. The van der Waals surface area contributed by atoms with Gasteiger partial charge in [-0.15, -0.1) is 11.3 Å². The van der Waals surface area contributed by atoms with E-state index < -0.39 is 0 Å². The second kappa shape index (κ2) is 8.42. The molecule has 1 aliphatic heterocycles. The average Bonchev–Trinajstić information content (AvgIpc) is 3.44. The number of thiazole rings is 1. The van der Waals surface area contributed by atoms with Gasteiger partial charge >= 0.3 is 0 Å². The Hall–Kier alpha value is -2.96. The quantitative estimate of drug-likeness (QED) is 0.472. The number of hydrogen-bond acceptors (Lipinski definition) is 5. The summed E-state index contributed by atoms with van der Waals surface area (Å²) in [6.07, 6.45) is 1.72. The molecule has 2 aromatic heterocycles. The van der Waals surface area contributed by atoms with E-state index in [1.807, 2.05) is 53.4 Å². The SMILES string of the molecule is O=C(Nc1cccc(-c2cscn2)c1)C1CCN(Cc2cc3ccccc3o2)CC1. The second-order valence-electron chi connectivity index (χ2n) is 7.74. The van der Waals surface area contributed by atoms with Crippen LogP contribution in [0.2, 0.25) is 0 Å². The number of para-hydroxylation sites is 1. The van der Waals surface area contributed by atoms with Gasteiger partial charge in [-0.3, -0.25) is 9.69 Å². The molecule has 1 fully saturated rings. The van der Waals surface area contributed by atoms with Crippen molar-refractivity contribution in [2.45, 2.75) is 19.4 Å². The van der Waals surface area contributed by atoms with Gasteiger partial charge in [0, 0.05) is 27.9 Å². The monoisotopic (exact) mass is 417 g/mol. The minimum Gasteiger partial charge on any atom is -0.460 e. The third-order valence-electron chi connectivity index (χ3n) is 5.67. The Morgan fingerprint density at radius 2 is 2.00 bits per heavy atom. The number of carbonyl (C=O) groups is 1. The van der Waals surface area contributed by atoms with E-state index in [9.17, 15) is 4.79 Å². The van der Waals surface area contributed by atoms with E-state index in [0.29, 0.717) is 0 Å². The first-order valence-electron chi connectivity index (χ1n) is 10.2. The Kier molecular flexibility index (Phi) is 5.34. The predicted octanol–water partition coefficient (Wildman–Crippen LogP) is 5.41. The van der Waals surface area contributed by atoms with E-state index >= 15 is 0 Å². The first-order chi connectivity index (χ1) is 14.7. The highest BCUT2D eigenvalue weighted by atomic mass is 32.1. The van der Waals surface area contributed by atoms with E-state index in [2.05, 4.69) is 27.3 Å². The fraction of sp³-hybridized carbons (Fsp3) is 0.250. The van der Waals surface area contributed by atoms with Crippen molar-refractivity contribution in [3.8, 4) is 11.3 Å². The van der Waals surface area contributed by atoms with Gasteiger partial charge in [-0.1, -0.05) is 30.3 Å². The number of benzene rings is 2. The molecule has 30 heavy (non-hydrogen) atoms. The Labute approximate surface area is 179 Å². The number of hydrogen-bond donors (Lipinski definition) is 1. The van der Waals surface area contributed by atoms with Gasteiger partial charge in [-0.25, -0.2) is 4.98 Å². The molecule has 1 aliphatic rings. The minimum absolute atomic E-state index is 0.0415. The maximum atomic E-state index is 12.8. The summed E-state index contributed by atoms with van der Waals surface area (Å²) in [5.74, 6) is 1.13. The van der Waals surface area contributed by atoms with Crippen LogP contribution >= 0.6 is 11.3 Å². The molecule has 0 radical (unpaired) electrons. The Bertz CT molecular complexity index is 1110. The molecule has 0 saturated carbocycles. The van der Waals surface area contributed by atoms with Crippen molar-refractivity contribution in [2.24, 2.45) is 5.92 Å². The van der Waals surface area contributed by atoms with Crippen molar-refractivity contribution < 1.29 is 9.21 Å². The van der Waals surface area contributed by atoms with Crippen LogP contribution in [0.25, 0.3) is 22.2 Å². The molecular formula is C24H23N3O2S. The van der Waals surface area contributed by atoms with E-state index in [-0.39, 0.29) is 11.8 Å². The van der Waals surface area contributed by atoms with Crippen LogP contribution < -0.4 is 5.32 Å². The van der Waals surface area contributed by atoms with Crippen LogP contribution in [0.15, 0.2) is 69.9 Å². The number of piperidine rings is 1. The zero-order valence-electron chi connectivity index (χ0n) is 16.6. The van der Waals surface area contributed by atoms with E-state index in [0.717, 1.165) is 66.2 Å². The number of amides is 1. The highest BCUT2D eigenvalue weighted by Gasteiger charge is 2.25. The lowest BCUT2D eigenvalue weighted by Gasteiger charge is -2.30. The third-order valence-corrected chi connectivity index (χ3v) is 6.26. The van der Waals surface area contributed by atoms with Crippen LogP contribution in [0, 0.1) is 5.92 Å². The normalized spacial score (nSPS) is 15.5. The zero-order chi connectivity index (χ0) is 20.3. The maximum Gasteiger partial charge on any atom is 0.227 e. The molecule has 1 N–H and O–H groups in total. The van der Waals surface area contributed by atoms with Gasteiger partial charge in [0.05, 0.1) is 17.7 Å². The summed E-state index contributed by atoms with van der Waals surface area (Å²) >= 11 is 1.57. The van der Waals surface area contributed by atoms with E-state index in [4.69, 9.17) is 4.42 Å². The van der Waals surface area contributed by atoms with Crippen LogP contribution in [-0.4, -0.2) is 28.9 Å². The number of likely N-dealkylation sites (tertiary alicyclic amines) is 1. The number of furan rings is 1. The molecule has 4 aromatic rings. The fourth-order valence-electron chi connectivity index (χ4n) is 4.04. The maximum absolute atomic E-state index is 12.8. The highest BCUT2D eigenvalue weighted by Crippen LogP contribution is 2.26. The number of carbonyl (C=O) groups excluding carboxylic acids is 1. The molecule has 6 heteroatoms. The van der Waals surface area contributed by atoms with Gasteiger partial charge in [0.25, 0.3) is 0 Å². The van der Waals surface area contributed by atoms with Crippen molar-refractivity contribution in [3.63, 3.8) is 0 Å². The lowest BCUT2D eigenvalue weighted by molar-refractivity contribution is -0.121. The van der Waals surface area contributed by atoms with Crippen molar-refractivity contribution in [1.29, 1.82) is 0 Å². The van der Waals surface area contributed by atoms with Crippen LogP contribution in [0.5, 0.6) is 0 Å². The summed E-state index contributed by atoms with van der Waals surface area (Å²) in [7, 11) is 0. The summed E-state index contributed by atoms with van der Waals surface area (Å²) in [4.78, 5) is 19.5. The molecule has 3 heterocycles. The van der Waals surface area contributed by atoms with Gasteiger partial charge in [0.1, 0.15) is 11.3 Å². The smallest absolute Gasteiger partial charge is 0.227 e. The summed E-state index contributed by atoms with van der Waals surface area (Å²) < 4.78 is 5.94. The van der Waals surface area contributed by atoms with Crippen molar-refractivity contribution in [3.05, 3.63) is 71.2 Å². The molecule has 2 aromatic carbocycles. The molecule has 5 rings (SSSR count). The fourth-order valence-corrected chi connectivity index (χ4v) is 4.61. The largest absolute Gasteiger partial charge is 0.460 e. The minimum atomic E-state index is 0.0415. The number of nitrogens with zero attached hydrogens (tertiary/aromatic N) is 2. The van der Waals surface area contributed by atoms with E-state index in [1.54, 1.807) is 11.3 Å². The molecule has 152 valence electrons. The Morgan fingerprint density at radius 1 is 1.13 bits per heavy atom. The number of rotatable bonds is 5. The highest BCUT2D eigenvalue weighted by molar-refractivity contribution is 7.07. The Morgan fingerprint density at radius 3 is 2.80 bits per heavy atom. The second-order valence-corrected chi connectivity index (χ2v) is 8.46. The van der Waals surface area contributed by atoms with Gasteiger partial charge in [0.15, 0.2) is 0 Å². The molecular weight excluding hydrogens is 394 g/mol. The van der Waals surface area contributed by atoms with Crippen LogP contribution in [0.3, 0.4) is 0 Å². The van der Waals surface area contributed by atoms with Gasteiger partial charge < -0.3 is 9.73 Å². The lowest BCUT2D eigenvalue weighted by Crippen LogP contribution is -2.37. The Balaban J connectivity index is 1.16. The van der Waals surface area contributed by atoms with Gasteiger partial charge in [-0.05, 0) is 50.2 Å². The molecule has 0 bridgehead atoms. The number of anilines is 1. The summed E-state index contributed by atoms with van der Waals surface area (Å²) in [5, 5.41) is 6.25. The molecule has 1 saturated heterocycles. The van der Waals surface area contributed by atoms with Crippen LogP contribution in [-0.2, 0) is 11.3 Å². The number of aromatic nitrogens is 1. The third kappa shape index (κ3) is 4.15. The lowest BCUT2D eigenvalue weighted by atomic mass is 9.95. The molecule has 0 atom stereocenters. The first-order valence-corrected chi connectivity index (χ1v) is 11.2. The van der Waals surface area contributed by atoms with Crippen molar-refractivity contribution >= 4 is 33.9 Å². The molecule has 0 unspecified atom stereocenters. The standard InChI is InChI=1S/C24H23N3O2S/c28-24(26-20-6-3-5-18(12-20)22-15-30-16-25-22)17-8-10-27(11-9-17)14-21-13-19-4-1-2-7-23(19)29-21/h1-7,12-13,15-17H,8-11,14H2,(H,26,28). The summed E-state index contributed by atoms with van der Waals surface area (Å²) in [6, 6.07) is 18.1. The van der Waals surface area contributed by atoms with Crippen molar-refractivity contribution in [1.82, 2.24) is 9.88 Å². The summed E-state index contributed by atoms with van der Waals surface area (Å²) in [6.45, 7) is 2.58.